The van der Waals surface area contributed by atoms with E-state index in [0.717, 1.165) is 4.90 Å². The van der Waals surface area contributed by atoms with Crippen LogP contribution in [0, 0.1) is 5.82 Å². The number of aliphatic hydroxyl groups is 1. The Morgan fingerprint density at radius 3 is 2.26 bits per heavy atom. The zero-order valence-electron chi connectivity index (χ0n) is 16.4. The Bertz CT molecular complexity index is 1200. The summed E-state index contributed by atoms with van der Waals surface area (Å²) in [6.07, 6.45) is 0. The van der Waals surface area contributed by atoms with E-state index in [0.29, 0.717) is 5.75 Å². The molecule has 1 amide bonds. The number of rotatable bonds is 4. The molecule has 0 spiro atoms. The maximum Gasteiger partial charge on any atom is 0.300 e. The average molecular weight is 419 g/mol. The first-order valence-corrected chi connectivity index (χ1v) is 9.42. The molecule has 0 saturated carbocycles. The topological polar surface area (TPSA) is 87.1 Å². The number of benzene rings is 3. The minimum atomic E-state index is -1.27. The van der Waals surface area contributed by atoms with Gasteiger partial charge >= 0.3 is 0 Å². The number of hydrogen-bond donors (Lipinski definition) is 2. The van der Waals surface area contributed by atoms with Gasteiger partial charge in [0.1, 0.15) is 23.1 Å². The van der Waals surface area contributed by atoms with E-state index in [1.807, 2.05) is 0 Å². The quantitative estimate of drug-likeness (QED) is 0.377. The van der Waals surface area contributed by atoms with Gasteiger partial charge < -0.3 is 14.9 Å². The van der Waals surface area contributed by atoms with Crippen LogP contribution in [0.2, 0.25) is 0 Å². The number of phenolic OH excluding ortho intramolecular Hbond substituents is 1. The molecule has 6 nitrogen and oxygen atoms in total. The summed E-state index contributed by atoms with van der Waals surface area (Å²) in [5.74, 6) is -2.79. The molecule has 0 radical (unpaired) electrons. The summed E-state index contributed by atoms with van der Waals surface area (Å²) in [6.45, 7) is 0. The molecule has 1 unspecified atom stereocenters. The fourth-order valence-corrected chi connectivity index (χ4v) is 3.64. The van der Waals surface area contributed by atoms with Crippen molar-refractivity contribution >= 4 is 23.1 Å². The van der Waals surface area contributed by atoms with Crippen LogP contribution < -0.4 is 9.64 Å². The van der Waals surface area contributed by atoms with Gasteiger partial charge in [-0.3, -0.25) is 14.5 Å². The van der Waals surface area contributed by atoms with Crippen LogP contribution in [0.15, 0.2) is 78.4 Å². The standard InChI is InChI=1S/C24H18FNO5/c1-31-15-12-10-14(11-13-15)22(28)20-21(16-6-2-3-7-17(16)25)26(24(30)23(20)29)18-8-4-5-9-19(18)27/h2-13,21,27-28H,1H3/b22-20+. The van der Waals surface area contributed by atoms with Gasteiger partial charge in [-0.15, -0.1) is 0 Å². The zero-order chi connectivity index (χ0) is 22.1. The van der Waals surface area contributed by atoms with Gasteiger partial charge in [-0.2, -0.15) is 0 Å². The van der Waals surface area contributed by atoms with E-state index in [1.165, 1.54) is 49.6 Å². The second-order valence-electron chi connectivity index (χ2n) is 6.91. The molecule has 1 heterocycles. The minimum Gasteiger partial charge on any atom is -0.507 e. The van der Waals surface area contributed by atoms with Crippen molar-refractivity contribution in [2.75, 3.05) is 12.0 Å². The molecule has 1 aliphatic rings. The van der Waals surface area contributed by atoms with Crippen molar-refractivity contribution in [1.82, 2.24) is 0 Å². The number of methoxy groups -OCH3 is 1. The van der Waals surface area contributed by atoms with Crippen molar-refractivity contribution in [3.05, 3.63) is 95.3 Å². The number of aliphatic hydroxyl groups excluding tert-OH is 1. The van der Waals surface area contributed by atoms with E-state index in [4.69, 9.17) is 4.74 Å². The fraction of sp³-hybridized carbons (Fsp3) is 0.0833. The molecule has 1 aliphatic heterocycles. The summed E-state index contributed by atoms with van der Waals surface area (Å²) in [5, 5.41) is 21.3. The number of halogens is 1. The molecule has 1 atom stereocenters. The van der Waals surface area contributed by atoms with Gasteiger partial charge in [0.25, 0.3) is 11.7 Å². The normalized spacial score (nSPS) is 17.7. The third-order valence-electron chi connectivity index (χ3n) is 5.15. The molecule has 156 valence electrons. The van der Waals surface area contributed by atoms with Gasteiger partial charge in [0, 0.05) is 11.1 Å². The lowest BCUT2D eigenvalue weighted by molar-refractivity contribution is -0.132. The number of hydrogen-bond acceptors (Lipinski definition) is 5. The van der Waals surface area contributed by atoms with Crippen molar-refractivity contribution in [1.29, 1.82) is 0 Å². The molecule has 0 aromatic heterocycles. The van der Waals surface area contributed by atoms with Crippen LogP contribution in [0.4, 0.5) is 10.1 Å². The second-order valence-corrected chi connectivity index (χ2v) is 6.91. The summed E-state index contributed by atoms with van der Waals surface area (Å²) in [7, 11) is 1.49. The first-order chi connectivity index (χ1) is 14.9. The van der Waals surface area contributed by atoms with Gasteiger partial charge in [0.05, 0.1) is 24.4 Å². The van der Waals surface area contributed by atoms with E-state index in [2.05, 4.69) is 0 Å². The Kier molecular flexibility index (Phi) is 5.17. The first-order valence-electron chi connectivity index (χ1n) is 9.42. The number of anilines is 1. The van der Waals surface area contributed by atoms with Gasteiger partial charge in [-0.05, 0) is 42.5 Å². The van der Waals surface area contributed by atoms with Gasteiger partial charge in [0.15, 0.2) is 0 Å². The number of phenols is 1. The van der Waals surface area contributed by atoms with E-state index in [1.54, 1.807) is 30.3 Å². The third kappa shape index (κ3) is 3.40. The van der Waals surface area contributed by atoms with Crippen LogP contribution in [0.25, 0.3) is 5.76 Å². The monoisotopic (exact) mass is 419 g/mol. The molecule has 1 saturated heterocycles. The highest BCUT2D eigenvalue weighted by Crippen LogP contribution is 2.45. The van der Waals surface area contributed by atoms with Gasteiger partial charge in [-0.25, -0.2) is 4.39 Å². The minimum absolute atomic E-state index is 0.0139. The summed E-state index contributed by atoms with van der Waals surface area (Å²) < 4.78 is 19.9. The molecule has 3 aromatic rings. The molecule has 2 N–H and O–H groups in total. The Hall–Kier alpha value is -4.13. The van der Waals surface area contributed by atoms with Crippen molar-refractivity contribution in [2.24, 2.45) is 0 Å². The Labute approximate surface area is 177 Å². The number of para-hydroxylation sites is 2. The number of carbonyl (C=O) groups excluding carboxylic acids is 2. The molecular weight excluding hydrogens is 401 g/mol. The maximum atomic E-state index is 14.8. The van der Waals surface area contributed by atoms with Crippen LogP contribution in [0.1, 0.15) is 17.2 Å². The Balaban J connectivity index is 1.97. The highest BCUT2D eigenvalue weighted by molar-refractivity contribution is 6.51. The van der Waals surface area contributed by atoms with Crippen LogP contribution in [0.5, 0.6) is 11.5 Å². The molecule has 0 aliphatic carbocycles. The van der Waals surface area contributed by atoms with Crippen LogP contribution in [0.3, 0.4) is 0 Å². The highest BCUT2D eigenvalue weighted by atomic mass is 19.1. The number of ether oxygens (including phenoxy) is 1. The van der Waals surface area contributed by atoms with E-state index >= 15 is 0 Å². The van der Waals surface area contributed by atoms with E-state index in [-0.39, 0.29) is 28.1 Å². The molecule has 31 heavy (non-hydrogen) atoms. The smallest absolute Gasteiger partial charge is 0.300 e. The summed E-state index contributed by atoms with van der Waals surface area (Å²) in [4.78, 5) is 27.0. The van der Waals surface area contributed by atoms with Gasteiger partial charge in [0.2, 0.25) is 0 Å². The zero-order valence-corrected chi connectivity index (χ0v) is 16.4. The lowest BCUT2D eigenvalue weighted by Crippen LogP contribution is -2.29. The SMILES string of the molecule is COc1ccc(/C(O)=C2\C(=O)C(=O)N(c3ccccc3O)C2c2ccccc2F)cc1. The molecule has 0 bridgehead atoms. The highest BCUT2D eigenvalue weighted by Gasteiger charge is 2.48. The molecule has 3 aromatic carbocycles. The van der Waals surface area contributed by atoms with Gasteiger partial charge in [-0.1, -0.05) is 30.3 Å². The summed E-state index contributed by atoms with van der Waals surface area (Å²) in [5.41, 5.74) is 0.0348. The molecule has 4 rings (SSSR count). The number of nitrogens with zero attached hydrogens (tertiary/aromatic N) is 1. The molecule has 1 fully saturated rings. The van der Waals surface area contributed by atoms with Crippen molar-refractivity contribution < 1.29 is 28.9 Å². The Morgan fingerprint density at radius 2 is 1.61 bits per heavy atom. The molecular formula is C24H18FNO5. The predicted molar refractivity (Wildman–Crippen MR) is 112 cm³/mol. The summed E-state index contributed by atoms with van der Waals surface area (Å²) in [6, 6.07) is 16.6. The number of Topliss-reactive ketones (excluding diaryl/α,β-unsaturated/α-hetero) is 1. The van der Waals surface area contributed by atoms with Crippen LogP contribution in [-0.2, 0) is 9.59 Å². The molecule has 7 heteroatoms. The fourth-order valence-electron chi connectivity index (χ4n) is 3.64. The Morgan fingerprint density at radius 1 is 0.968 bits per heavy atom. The maximum absolute atomic E-state index is 14.8. The second kappa shape index (κ2) is 7.95. The lowest BCUT2D eigenvalue weighted by Gasteiger charge is -2.26. The van der Waals surface area contributed by atoms with Crippen molar-refractivity contribution in [3.8, 4) is 11.5 Å². The van der Waals surface area contributed by atoms with Crippen molar-refractivity contribution in [2.45, 2.75) is 6.04 Å². The lowest BCUT2D eigenvalue weighted by atomic mass is 9.94. The summed E-state index contributed by atoms with van der Waals surface area (Å²) >= 11 is 0. The first kappa shape index (κ1) is 20.2. The predicted octanol–water partition coefficient (Wildman–Crippen LogP) is 4.17. The number of carbonyl (C=O) groups is 2. The number of amides is 1. The van der Waals surface area contributed by atoms with Crippen molar-refractivity contribution in [3.63, 3.8) is 0 Å². The number of aromatic hydroxyl groups is 1. The van der Waals surface area contributed by atoms with Crippen LogP contribution in [-0.4, -0.2) is 29.0 Å². The van der Waals surface area contributed by atoms with E-state index in [9.17, 15) is 24.2 Å². The largest absolute Gasteiger partial charge is 0.507 e. The van der Waals surface area contributed by atoms with Crippen LogP contribution >= 0.6 is 0 Å². The average Bonchev–Trinajstić information content (AvgIpc) is 3.04. The number of ketones is 1. The third-order valence-corrected chi connectivity index (χ3v) is 5.15. The van der Waals surface area contributed by atoms with E-state index < -0.39 is 29.3 Å².